The highest BCUT2D eigenvalue weighted by Crippen LogP contribution is 2.53. The summed E-state index contributed by atoms with van der Waals surface area (Å²) in [5.74, 6) is -1.98. The lowest BCUT2D eigenvalue weighted by Gasteiger charge is -2.29. The van der Waals surface area contributed by atoms with Crippen molar-refractivity contribution in [1.82, 2.24) is 9.97 Å². The van der Waals surface area contributed by atoms with E-state index in [1.807, 2.05) is 0 Å². The van der Waals surface area contributed by atoms with Crippen LogP contribution in [0.1, 0.15) is 33.8 Å². The number of amides is 1. The van der Waals surface area contributed by atoms with Crippen molar-refractivity contribution in [3.63, 3.8) is 0 Å². The van der Waals surface area contributed by atoms with Crippen LogP contribution in [0.25, 0.3) is 17.0 Å². The molecule has 0 radical (unpaired) electrons. The molecule has 2 saturated heterocycles. The van der Waals surface area contributed by atoms with E-state index >= 15 is 0 Å². The maximum Gasteiger partial charge on any atom is 0.469 e. The minimum atomic E-state index is -4.87. The molecule has 8 N–H and O–H groups in total. The molecule has 20 nitrogen and oxygen atoms in total. The molecule has 3 aliphatic heterocycles. The number of fused-ring (bicyclic) bond motifs is 7. The third kappa shape index (κ3) is 5.15. The fourth-order valence-electron chi connectivity index (χ4n) is 6.35. The van der Waals surface area contributed by atoms with Crippen LogP contribution in [-0.4, -0.2) is 92.9 Å². The summed E-state index contributed by atoms with van der Waals surface area (Å²) in [4.78, 5) is 76.1. The minimum absolute atomic E-state index is 0.0375. The molecule has 7 rings (SSSR count). The highest BCUT2D eigenvalue weighted by atomic mass is 31.2. The number of methoxy groups -OCH3 is 1. The lowest BCUT2D eigenvalue weighted by atomic mass is 9.91. The largest absolute Gasteiger partial charge is 0.496 e. The molecule has 48 heavy (non-hydrogen) atoms. The number of H-pyrrole nitrogens is 1. The number of carbonyl (C=O) groups excluding carboxylic acids is 2. The van der Waals surface area contributed by atoms with Crippen LogP contribution in [0.2, 0.25) is 0 Å². The van der Waals surface area contributed by atoms with Crippen LogP contribution in [0.5, 0.6) is 11.5 Å². The Bertz CT molecular complexity index is 2060. The van der Waals surface area contributed by atoms with E-state index in [9.17, 15) is 34.0 Å². The van der Waals surface area contributed by atoms with E-state index < -0.39 is 80.1 Å². The van der Waals surface area contributed by atoms with Gasteiger partial charge in [0.1, 0.15) is 41.1 Å². The van der Waals surface area contributed by atoms with Crippen molar-refractivity contribution in [2.24, 2.45) is 0 Å². The number of aliphatic hydroxyl groups excluding tert-OH is 2. The van der Waals surface area contributed by atoms with Gasteiger partial charge in [-0.3, -0.25) is 28.8 Å². The van der Waals surface area contributed by atoms with Crippen molar-refractivity contribution >= 4 is 54.5 Å². The van der Waals surface area contributed by atoms with Crippen LogP contribution in [0.15, 0.2) is 26.1 Å². The van der Waals surface area contributed by atoms with E-state index in [1.165, 1.54) is 25.3 Å². The van der Waals surface area contributed by atoms with Crippen LogP contribution >= 0.6 is 7.82 Å². The third-order valence-corrected chi connectivity index (χ3v) is 8.83. The quantitative estimate of drug-likeness (QED) is 0.0792. The number of aromatic nitrogens is 2. The lowest BCUT2D eigenvalue weighted by molar-refractivity contribution is -0.114. The molecular formula is C27H26N5O15P. The van der Waals surface area contributed by atoms with Gasteiger partial charge in [0, 0.05) is 18.1 Å². The van der Waals surface area contributed by atoms with Gasteiger partial charge in [0.2, 0.25) is 18.6 Å². The molecule has 0 unspecified atom stereocenters. The van der Waals surface area contributed by atoms with Gasteiger partial charge in [-0.1, -0.05) is 0 Å². The number of ketones is 1. The Morgan fingerprint density at radius 3 is 2.71 bits per heavy atom. The van der Waals surface area contributed by atoms with Gasteiger partial charge in [0.05, 0.1) is 36.7 Å². The fraction of sp³-hybridized carbons (Fsp3) is 0.370. The number of allylic oxidation sites excluding steroid dienone is 1. The Hall–Kier alpha value is -4.66. The van der Waals surface area contributed by atoms with Crippen molar-refractivity contribution in [1.29, 1.82) is 0 Å². The van der Waals surface area contributed by atoms with E-state index in [1.54, 1.807) is 0 Å². The van der Waals surface area contributed by atoms with Crippen LogP contribution in [0.3, 0.4) is 0 Å². The topological polar surface area (TPSA) is 296 Å². The van der Waals surface area contributed by atoms with Gasteiger partial charge >= 0.3 is 13.4 Å². The first-order chi connectivity index (χ1) is 22.8. The zero-order chi connectivity index (χ0) is 34.2. The summed E-state index contributed by atoms with van der Waals surface area (Å²) in [6.45, 7) is -0.662. The molecular weight excluding hydrogens is 665 g/mol. The normalized spacial score (nSPS) is 27.1. The maximum atomic E-state index is 13.2. The van der Waals surface area contributed by atoms with Gasteiger partial charge < -0.3 is 54.4 Å². The standard InChI is InChI=1S/C27H26N5O15P/c1-42-11-5-12-17(21-16(11)8-2-3-9(34)15(8)25(38)46-21)18-20(36)24(47-26(18)45-12)32(7-33)19-22(30-27(28)31-23(19)37)29-14-4-10(35)13(44-14)6-43-48(39,40)41/h2-3,5,7,10,13-14,18,20,24,26,35-36H,4,6H2,1H3,(H2,39,40,41)(H4,28,29,30,31,37)/t10-,13+,14+,18+,20+,24+,26-/m0/s1. The number of ether oxygens (including phenoxy) is 4. The molecule has 1 amide bonds. The van der Waals surface area contributed by atoms with Gasteiger partial charge in [-0.05, 0) is 12.2 Å². The number of aliphatic hydroxyl groups is 2. The lowest BCUT2D eigenvalue weighted by Crippen LogP contribution is -2.45. The van der Waals surface area contributed by atoms with Gasteiger partial charge in [-0.2, -0.15) is 4.98 Å². The minimum Gasteiger partial charge on any atom is -0.496 e. The highest BCUT2D eigenvalue weighted by Gasteiger charge is 2.55. The summed E-state index contributed by atoms with van der Waals surface area (Å²) in [6, 6.07) is 1.49. The Morgan fingerprint density at radius 2 is 2.00 bits per heavy atom. The van der Waals surface area contributed by atoms with Gasteiger partial charge in [0.15, 0.2) is 23.5 Å². The third-order valence-electron chi connectivity index (χ3n) is 8.34. The summed E-state index contributed by atoms with van der Waals surface area (Å²) in [5.41, 5.74) is 3.65. The summed E-state index contributed by atoms with van der Waals surface area (Å²) in [5, 5.41) is 25.0. The average molecular weight is 691 g/mol. The van der Waals surface area contributed by atoms with E-state index in [4.69, 9.17) is 38.9 Å². The van der Waals surface area contributed by atoms with E-state index in [0.29, 0.717) is 0 Å². The number of hydrogen-bond donors (Lipinski definition) is 7. The Morgan fingerprint density at radius 1 is 1.23 bits per heavy atom. The van der Waals surface area contributed by atoms with Crippen LogP contribution in [-0.2, 0) is 23.4 Å². The van der Waals surface area contributed by atoms with Crippen molar-refractivity contribution in [2.45, 2.75) is 49.4 Å². The number of benzene rings is 1. The maximum absolute atomic E-state index is 13.2. The molecule has 21 heteroatoms. The Kier molecular flexibility index (Phi) is 7.64. The van der Waals surface area contributed by atoms with Crippen molar-refractivity contribution in [3.05, 3.63) is 49.6 Å². The fourth-order valence-corrected chi connectivity index (χ4v) is 6.69. The second-order valence-corrected chi connectivity index (χ2v) is 12.4. The number of phosphoric acid groups is 1. The number of rotatable bonds is 9. The molecule has 2 aromatic heterocycles. The average Bonchev–Trinajstić information content (AvgIpc) is 3.76. The first-order valence-electron chi connectivity index (χ1n) is 14.2. The van der Waals surface area contributed by atoms with Crippen molar-refractivity contribution in [3.8, 4) is 11.5 Å². The smallest absolute Gasteiger partial charge is 0.469 e. The Balaban J connectivity index is 1.22. The summed E-state index contributed by atoms with van der Waals surface area (Å²) in [7, 11) is -3.50. The number of anilines is 3. The molecule has 1 aromatic carbocycles. The van der Waals surface area contributed by atoms with Crippen LogP contribution in [0, 0.1) is 0 Å². The number of phosphoric ester groups is 1. The summed E-state index contributed by atoms with van der Waals surface area (Å²) in [6.07, 6.45) is -5.29. The number of hydrogen-bond acceptors (Lipinski definition) is 16. The highest BCUT2D eigenvalue weighted by molar-refractivity contribution is 7.46. The molecule has 4 aliphatic rings. The molecule has 5 heterocycles. The SMILES string of the molecule is COc1cc2c(c3oc(=O)c4c(c13)C=CC4=O)[C@H]1[C@@H](O2)O[C@@H](N(C=O)c2c(N[C@H]3C[C@H](O)[C@@H](COP(=O)(O)O)O3)nc(N)[nH]c2=O)[C@@H]1O. The van der Waals surface area contributed by atoms with Gasteiger partial charge in [-0.15, -0.1) is 0 Å². The predicted octanol–water partition coefficient (Wildman–Crippen LogP) is -1.14. The zero-order valence-electron chi connectivity index (χ0n) is 24.5. The number of aromatic amines is 1. The first-order valence-corrected chi connectivity index (χ1v) is 15.7. The second kappa shape index (κ2) is 11.5. The second-order valence-electron chi connectivity index (χ2n) is 11.2. The Labute approximate surface area is 266 Å². The number of nitrogen functional groups attached to an aromatic ring is 1. The number of nitrogens with one attached hydrogen (secondary N) is 2. The molecule has 3 aromatic rings. The molecule has 0 bridgehead atoms. The first kappa shape index (κ1) is 31.9. The number of carbonyl (C=O) groups is 2. The number of nitrogens with zero attached hydrogens (tertiary/aromatic N) is 2. The molecule has 7 atom stereocenters. The molecule has 254 valence electrons. The van der Waals surface area contributed by atoms with E-state index in [-0.39, 0.29) is 63.8 Å². The number of nitrogens with two attached hydrogens (primary N) is 1. The van der Waals surface area contributed by atoms with Gasteiger partial charge in [-0.25, -0.2) is 9.36 Å². The molecule has 0 spiro atoms. The summed E-state index contributed by atoms with van der Waals surface area (Å²) >= 11 is 0. The summed E-state index contributed by atoms with van der Waals surface area (Å²) < 4.78 is 44.1. The van der Waals surface area contributed by atoms with Crippen molar-refractivity contribution < 1.29 is 62.0 Å². The monoisotopic (exact) mass is 691 g/mol. The van der Waals surface area contributed by atoms with Gasteiger partial charge in [0.25, 0.3) is 5.56 Å². The van der Waals surface area contributed by atoms with Crippen LogP contribution in [0.4, 0.5) is 17.5 Å². The van der Waals surface area contributed by atoms with Crippen LogP contribution < -0.4 is 36.6 Å². The molecule has 1 aliphatic carbocycles. The van der Waals surface area contributed by atoms with E-state index in [2.05, 4.69) is 19.8 Å². The van der Waals surface area contributed by atoms with Crippen molar-refractivity contribution in [2.75, 3.05) is 29.7 Å². The molecule has 0 saturated carbocycles. The zero-order valence-corrected chi connectivity index (χ0v) is 25.4. The van der Waals surface area contributed by atoms with E-state index in [0.717, 1.165) is 4.90 Å². The predicted molar refractivity (Wildman–Crippen MR) is 159 cm³/mol. The molecule has 2 fully saturated rings.